The van der Waals surface area contributed by atoms with Crippen LogP contribution in [0.2, 0.25) is 5.02 Å². The van der Waals surface area contributed by atoms with Gasteiger partial charge in [-0.15, -0.1) is 24.0 Å². The highest BCUT2D eigenvalue weighted by atomic mass is 127. The Morgan fingerprint density at radius 3 is 2.56 bits per heavy atom. The number of hydrogen-bond donors (Lipinski definition) is 2. The lowest BCUT2D eigenvalue weighted by atomic mass is 10.1. The standard InChI is InChI=1S/C18H21ClFN3O.HI/c1-24-14-7-5-13(6-8-14)9-11-22-18(21)23-12-10-15-16(19)3-2-4-17(15)20;/h2-8H,9-12H2,1H3,(H3,21,22,23);1H. The van der Waals surface area contributed by atoms with Crippen molar-refractivity contribution in [2.45, 2.75) is 12.8 Å². The highest BCUT2D eigenvalue weighted by Gasteiger charge is 2.05. The summed E-state index contributed by atoms with van der Waals surface area (Å²) < 4.78 is 18.7. The summed E-state index contributed by atoms with van der Waals surface area (Å²) in [5.74, 6) is 0.860. The van der Waals surface area contributed by atoms with E-state index in [0.29, 0.717) is 36.1 Å². The molecule has 0 saturated heterocycles. The van der Waals surface area contributed by atoms with E-state index in [1.54, 1.807) is 19.2 Å². The number of ether oxygens (including phenoxy) is 1. The molecular formula is C18H22ClFIN3O. The first-order valence-corrected chi connectivity index (χ1v) is 8.07. The summed E-state index contributed by atoms with van der Waals surface area (Å²) in [5.41, 5.74) is 7.46. The Labute approximate surface area is 169 Å². The zero-order valence-electron chi connectivity index (χ0n) is 14.0. The second-order valence-corrected chi connectivity index (χ2v) is 5.65. The number of nitrogens with two attached hydrogens (primary N) is 1. The normalized spacial score (nSPS) is 10.9. The molecule has 25 heavy (non-hydrogen) atoms. The van der Waals surface area contributed by atoms with Crippen LogP contribution in [0.15, 0.2) is 47.5 Å². The van der Waals surface area contributed by atoms with Crippen LogP contribution in [-0.4, -0.2) is 26.2 Å². The maximum Gasteiger partial charge on any atom is 0.188 e. The molecule has 0 aliphatic rings. The second kappa shape index (κ2) is 11.1. The highest BCUT2D eigenvalue weighted by Crippen LogP contribution is 2.19. The van der Waals surface area contributed by atoms with Crippen LogP contribution >= 0.6 is 35.6 Å². The molecule has 2 aromatic carbocycles. The summed E-state index contributed by atoms with van der Waals surface area (Å²) in [6.45, 7) is 1.05. The Bertz CT molecular complexity index is 675. The number of halogens is 3. The molecule has 0 radical (unpaired) electrons. The summed E-state index contributed by atoms with van der Waals surface area (Å²) >= 11 is 5.97. The van der Waals surface area contributed by atoms with Crippen molar-refractivity contribution in [1.82, 2.24) is 5.32 Å². The van der Waals surface area contributed by atoms with Crippen LogP contribution in [0.4, 0.5) is 4.39 Å². The van der Waals surface area contributed by atoms with Gasteiger partial charge in [-0.25, -0.2) is 4.39 Å². The molecule has 0 aliphatic heterocycles. The average molecular weight is 478 g/mol. The van der Waals surface area contributed by atoms with Gasteiger partial charge in [-0.1, -0.05) is 29.8 Å². The Hall–Kier alpha value is -1.54. The summed E-state index contributed by atoms with van der Waals surface area (Å²) in [7, 11) is 1.64. The number of nitrogens with zero attached hydrogens (tertiary/aromatic N) is 1. The number of rotatable bonds is 7. The molecule has 0 atom stereocenters. The lowest BCUT2D eigenvalue weighted by Gasteiger charge is -2.07. The molecule has 2 aromatic rings. The van der Waals surface area contributed by atoms with Crippen LogP contribution in [0.25, 0.3) is 0 Å². The fourth-order valence-corrected chi connectivity index (χ4v) is 2.50. The van der Waals surface area contributed by atoms with Crippen LogP contribution in [0.1, 0.15) is 11.1 Å². The molecule has 0 unspecified atom stereocenters. The largest absolute Gasteiger partial charge is 0.497 e. The number of hydrogen-bond acceptors (Lipinski definition) is 2. The Balaban J connectivity index is 0.00000312. The number of methoxy groups -OCH3 is 1. The van der Waals surface area contributed by atoms with Crippen LogP contribution in [-0.2, 0) is 12.8 Å². The quantitative estimate of drug-likeness (QED) is 0.362. The first-order chi connectivity index (χ1) is 11.6. The fourth-order valence-electron chi connectivity index (χ4n) is 2.24. The van der Waals surface area contributed by atoms with Crippen molar-refractivity contribution < 1.29 is 9.13 Å². The first kappa shape index (κ1) is 21.5. The van der Waals surface area contributed by atoms with Crippen molar-refractivity contribution in [3.05, 3.63) is 64.4 Å². The number of guanidine groups is 1. The number of nitrogens with one attached hydrogen (secondary N) is 1. The zero-order valence-corrected chi connectivity index (χ0v) is 17.1. The van der Waals surface area contributed by atoms with Gasteiger partial charge in [0.2, 0.25) is 0 Å². The lowest BCUT2D eigenvalue weighted by molar-refractivity contribution is 0.414. The molecule has 0 saturated carbocycles. The topological polar surface area (TPSA) is 59.6 Å². The van der Waals surface area contributed by atoms with Gasteiger partial charge in [-0.05, 0) is 42.7 Å². The molecule has 136 valence electrons. The Morgan fingerprint density at radius 1 is 1.20 bits per heavy atom. The third-order valence-corrected chi connectivity index (χ3v) is 3.94. The zero-order chi connectivity index (χ0) is 17.4. The summed E-state index contributed by atoms with van der Waals surface area (Å²) in [6, 6.07) is 12.5. The van der Waals surface area contributed by atoms with Gasteiger partial charge in [-0.2, -0.15) is 0 Å². The van der Waals surface area contributed by atoms with Gasteiger partial charge in [-0.3, -0.25) is 4.99 Å². The van der Waals surface area contributed by atoms with Crippen LogP contribution in [0.5, 0.6) is 5.75 Å². The van der Waals surface area contributed by atoms with E-state index < -0.39 is 0 Å². The molecule has 7 heteroatoms. The van der Waals surface area contributed by atoms with Crippen LogP contribution in [0, 0.1) is 5.82 Å². The molecule has 0 heterocycles. The van der Waals surface area contributed by atoms with E-state index in [2.05, 4.69) is 10.3 Å². The molecule has 2 rings (SSSR count). The smallest absolute Gasteiger partial charge is 0.188 e. The molecule has 0 fully saturated rings. The van der Waals surface area contributed by atoms with E-state index in [9.17, 15) is 4.39 Å². The predicted molar refractivity (Wildman–Crippen MR) is 112 cm³/mol. The minimum absolute atomic E-state index is 0. The third kappa shape index (κ3) is 7.07. The van der Waals surface area contributed by atoms with Crippen molar-refractivity contribution >= 4 is 41.5 Å². The van der Waals surface area contributed by atoms with Gasteiger partial charge < -0.3 is 15.8 Å². The monoisotopic (exact) mass is 477 g/mol. The first-order valence-electron chi connectivity index (χ1n) is 7.69. The van der Waals surface area contributed by atoms with E-state index in [0.717, 1.165) is 12.2 Å². The molecule has 0 aromatic heterocycles. The minimum atomic E-state index is -0.316. The molecule has 0 bridgehead atoms. The second-order valence-electron chi connectivity index (χ2n) is 5.24. The van der Waals surface area contributed by atoms with Crippen LogP contribution < -0.4 is 15.8 Å². The van der Waals surface area contributed by atoms with Gasteiger partial charge in [0.15, 0.2) is 5.96 Å². The van der Waals surface area contributed by atoms with Crippen molar-refractivity contribution in [1.29, 1.82) is 0 Å². The van der Waals surface area contributed by atoms with Crippen molar-refractivity contribution in [2.24, 2.45) is 10.7 Å². The molecule has 0 amide bonds. The molecular weight excluding hydrogens is 456 g/mol. The van der Waals surface area contributed by atoms with E-state index in [1.807, 2.05) is 24.3 Å². The SMILES string of the molecule is COc1ccc(CCNC(N)=NCCc2c(F)cccc2Cl)cc1.I. The van der Waals surface area contributed by atoms with Gasteiger partial charge >= 0.3 is 0 Å². The minimum Gasteiger partial charge on any atom is -0.497 e. The highest BCUT2D eigenvalue weighted by molar-refractivity contribution is 14.0. The van der Waals surface area contributed by atoms with Gasteiger partial charge in [0, 0.05) is 23.7 Å². The third-order valence-electron chi connectivity index (χ3n) is 3.58. The van der Waals surface area contributed by atoms with Crippen LogP contribution in [0.3, 0.4) is 0 Å². The Morgan fingerprint density at radius 2 is 1.92 bits per heavy atom. The van der Waals surface area contributed by atoms with Crippen molar-refractivity contribution in [3.8, 4) is 5.75 Å². The maximum atomic E-state index is 13.6. The van der Waals surface area contributed by atoms with Gasteiger partial charge in [0.25, 0.3) is 0 Å². The summed E-state index contributed by atoms with van der Waals surface area (Å²) in [5, 5.41) is 3.46. The maximum absolute atomic E-state index is 13.6. The molecule has 4 nitrogen and oxygen atoms in total. The van der Waals surface area contributed by atoms with E-state index >= 15 is 0 Å². The summed E-state index contributed by atoms with van der Waals surface area (Å²) in [4.78, 5) is 4.20. The molecule has 3 N–H and O–H groups in total. The number of aliphatic imine (C=N–C) groups is 1. The average Bonchev–Trinajstić information content (AvgIpc) is 2.58. The number of benzene rings is 2. The van der Waals surface area contributed by atoms with E-state index in [-0.39, 0.29) is 29.8 Å². The molecule has 0 aliphatic carbocycles. The van der Waals surface area contributed by atoms with Gasteiger partial charge in [0.1, 0.15) is 11.6 Å². The summed E-state index contributed by atoms with van der Waals surface area (Å²) in [6.07, 6.45) is 1.23. The fraction of sp³-hybridized carbons (Fsp3) is 0.278. The lowest BCUT2D eigenvalue weighted by Crippen LogP contribution is -2.33. The van der Waals surface area contributed by atoms with E-state index in [4.69, 9.17) is 22.1 Å². The van der Waals surface area contributed by atoms with Crippen molar-refractivity contribution in [2.75, 3.05) is 20.2 Å². The van der Waals surface area contributed by atoms with E-state index in [1.165, 1.54) is 11.6 Å². The Kier molecular flexibility index (Phi) is 9.59. The van der Waals surface area contributed by atoms with Crippen molar-refractivity contribution in [3.63, 3.8) is 0 Å². The predicted octanol–water partition coefficient (Wildman–Crippen LogP) is 3.80. The van der Waals surface area contributed by atoms with Gasteiger partial charge in [0.05, 0.1) is 7.11 Å². The molecule has 0 spiro atoms.